The summed E-state index contributed by atoms with van der Waals surface area (Å²) in [7, 11) is 1.32. The zero-order valence-electron chi connectivity index (χ0n) is 11.9. The van der Waals surface area contributed by atoms with E-state index in [1.54, 1.807) is 18.2 Å². The minimum atomic E-state index is -0.518. The molecule has 1 aliphatic heterocycles. The predicted molar refractivity (Wildman–Crippen MR) is 76.5 cm³/mol. The summed E-state index contributed by atoms with van der Waals surface area (Å²) in [6, 6.07) is 5.01. The van der Waals surface area contributed by atoms with E-state index < -0.39 is 11.5 Å². The molecule has 5 heteroatoms. The Bertz CT molecular complexity index is 534. The highest BCUT2D eigenvalue weighted by Gasteiger charge is 2.36. The van der Waals surface area contributed by atoms with Gasteiger partial charge in [0.15, 0.2) is 5.78 Å². The van der Waals surface area contributed by atoms with Crippen molar-refractivity contribution < 1.29 is 14.3 Å². The molecule has 1 aromatic carbocycles. The van der Waals surface area contributed by atoms with E-state index in [1.165, 1.54) is 7.11 Å². The Morgan fingerprint density at radius 3 is 2.80 bits per heavy atom. The van der Waals surface area contributed by atoms with Crippen molar-refractivity contribution >= 4 is 17.4 Å². The summed E-state index contributed by atoms with van der Waals surface area (Å²) in [5, 5.41) is 3.23. The van der Waals surface area contributed by atoms with Gasteiger partial charge in [0.1, 0.15) is 0 Å². The summed E-state index contributed by atoms with van der Waals surface area (Å²) in [6.45, 7) is 2.75. The van der Waals surface area contributed by atoms with Crippen LogP contribution in [0.3, 0.4) is 0 Å². The van der Waals surface area contributed by atoms with Crippen molar-refractivity contribution in [2.45, 2.75) is 31.7 Å². The van der Waals surface area contributed by atoms with Crippen molar-refractivity contribution in [1.82, 2.24) is 5.32 Å². The topological polar surface area (TPSA) is 81.4 Å². The molecule has 1 heterocycles. The molecule has 0 amide bonds. The lowest BCUT2D eigenvalue weighted by atomic mass is 9.88. The molecule has 1 aliphatic rings. The highest BCUT2D eigenvalue weighted by Crippen LogP contribution is 2.25. The van der Waals surface area contributed by atoms with E-state index in [4.69, 9.17) is 10.5 Å². The number of hydrogen-bond donors (Lipinski definition) is 2. The van der Waals surface area contributed by atoms with Crippen molar-refractivity contribution in [3.8, 4) is 0 Å². The molecule has 0 aliphatic carbocycles. The number of anilines is 1. The summed E-state index contributed by atoms with van der Waals surface area (Å²) in [5.74, 6) is -0.414. The number of nitrogen functional groups attached to an aromatic ring is 1. The van der Waals surface area contributed by atoms with Crippen LogP contribution in [0.25, 0.3) is 0 Å². The molecule has 0 bridgehead atoms. The van der Waals surface area contributed by atoms with Crippen LogP contribution in [0.5, 0.6) is 0 Å². The van der Waals surface area contributed by atoms with Crippen molar-refractivity contribution in [2.75, 3.05) is 19.4 Å². The molecule has 1 fully saturated rings. The monoisotopic (exact) mass is 276 g/mol. The normalized spacial score (nSPS) is 21.7. The Balaban J connectivity index is 2.29. The fraction of sp³-hybridized carbons (Fsp3) is 0.467. The van der Waals surface area contributed by atoms with Crippen molar-refractivity contribution in [3.63, 3.8) is 0 Å². The number of Topliss-reactive ketones (excluding diaryl/α,β-unsaturated/α-hetero) is 1. The first-order valence-electron chi connectivity index (χ1n) is 6.72. The molecule has 1 aromatic rings. The number of nitrogens with one attached hydrogen (secondary N) is 1. The van der Waals surface area contributed by atoms with Crippen molar-refractivity contribution in [3.05, 3.63) is 29.3 Å². The van der Waals surface area contributed by atoms with Gasteiger partial charge in [-0.1, -0.05) is 6.07 Å². The second kappa shape index (κ2) is 5.63. The van der Waals surface area contributed by atoms with Crippen LogP contribution in [0.2, 0.25) is 0 Å². The standard InChI is InChI=1S/C15H20N2O3/c1-15(7-4-8-17-15)13(18)9-11-10(14(19)20-2)5-3-6-12(11)16/h3,5-6,17H,4,7-9,16H2,1-2H3/t15-/m1/s1. The Hall–Kier alpha value is -1.88. The van der Waals surface area contributed by atoms with Gasteiger partial charge in [-0.15, -0.1) is 0 Å². The minimum absolute atomic E-state index is 0.0538. The van der Waals surface area contributed by atoms with Crippen LogP contribution in [0, 0.1) is 0 Å². The van der Waals surface area contributed by atoms with Gasteiger partial charge in [-0.25, -0.2) is 4.79 Å². The molecule has 20 heavy (non-hydrogen) atoms. The van der Waals surface area contributed by atoms with Crippen LogP contribution < -0.4 is 11.1 Å². The number of methoxy groups -OCH3 is 1. The first-order chi connectivity index (χ1) is 9.48. The van der Waals surface area contributed by atoms with Crippen LogP contribution in [0.4, 0.5) is 5.69 Å². The molecule has 108 valence electrons. The summed E-state index contributed by atoms with van der Waals surface area (Å²) in [5.41, 5.74) is 6.77. The van der Waals surface area contributed by atoms with Crippen LogP contribution in [-0.4, -0.2) is 30.9 Å². The lowest BCUT2D eigenvalue weighted by Crippen LogP contribution is -2.45. The molecule has 0 radical (unpaired) electrons. The first kappa shape index (κ1) is 14.5. The maximum absolute atomic E-state index is 12.5. The molecule has 5 nitrogen and oxygen atoms in total. The Labute approximate surface area is 118 Å². The van der Waals surface area contributed by atoms with Crippen LogP contribution in [0.15, 0.2) is 18.2 Å². The van der Waals surface area contributed by atoms with Gasteiger partial charge < -0.3 is 15.8 Å². The molecule has 0 spiro atoms. The zero-order valence-corrected chi connectivity index (χ0v) is 11.9. The molecular formula is C15H20N2O3. The van der Waals surface area contributed by atoms with E-state index in [0.29, 0.717) is 16.8 Å². The number of ether oxygens (including phenoxy) is 1. The molecule has 0 aromatic heterocycles. The number of ketones is 1. The number of esters is 1. The third-order valence-corrected chi connectivity index (χ3v) is 3.94. The molecule has 0 unspecified atom stereocenters. The molecule has 1 saturated heterocycles. The molecule has 3 N–H and O–H groups in total. The average molecular weight is 276 g/mol. The number of hydrogen-bond acceptors (Lipinski definition) is 5. The third kappa shape index (κ3) is 2.67. The highest BCUT2D eigenvalue weighted by molar-refractivity contribution is 5.97. The van der Waals surface area contributed by atoms with Gasteiger partial charge in [0, 0.05) is 12.1 Å². The summed E-state index contributed by atoms with van der Waals surface area (Å²) < 4.78 is 4.74. The van der Waals surface area contributed by atoms with Gasteiger partial charge in [-0.3, -0.25) is 4.79 Å². The maximum Gasteiger partial charge on any atom is 0.338 e. The van der Waals surface area contributed by atoms with E-state index in [1.807, 2.05) is 6.92 Å². The minimum Gasteiger partial charge on any atom is -0.465 e. The predicted octanol–water partition coefficient (Wildman–Crippen LogP) is 1.31. The average Bonchev–Trinajstić information content (AvgIpc) is 2.88. The lowest BCUT2D eigenvalue weighted by molar-refractivity contribution is -0.123. The molecule has 0 saturated carbocycles. The van der Waals surface area contributed by atoms with Gasteiger partial charge >= 0.3 is 5.97 Å². The van der Waals surface area contributed by atoms with Gasteiger partial charge in [0.2, 0.25) is 0 Å². The van der Waals surface area contributed by atoms with E-state index in [9.17, 15) is 9.59 Å². The first-order valence-corrected chi connectivity index (χ1v) is 6.72. The Morgan fingerprint density at radius 1 is 1.45 bits per heavy atom. The van der Waals surface area contributed by atoms with Crippen LogP contribution >= 0.6 is 0 Å². The van der Waals surface area contributed by atoms with E-state index >= 15 is 0 Å². The number of carbonyl (C=O) groups is 2. The van der Waals surface area contributed by atoms with Crippen LogP contribution in [-0.2, 0) is 16.0 Å². The van der Waals surface area contributed by atoms with Gasteiger partial charge in [0.05, 0.1) is 18.2 Å². The zero-order chi connectivity index (χ0) is 14.8. The third-order valence-electron chi connectivity index (χ3n) is 3.94. The summed E-state index contributed by atoms with van der Waals surface area (Å²) in [4.78, 5) is 24.2. The highest BCUT2D eigenvalue weighted by atomic mass is 16.5. The Kier molecular flexibility index (Phi) is 4.09. The Morgan fingerprint density at radius 2 is 2.20 bits per heavy atom. The molecular weight excluding hydrogens is 256 g/mol. The quantitative estimate of drug-likeness (QED) is 0.640. The fourth-order valence-corrected chi connectivity index (χ4v) is 2.59. The van der Waals surface area contributed by atoms with Gasteiger partial charge in [-0.05, 0) is 44.0 Å². The summed E-state index contributed by atoms with van der Waals surface area (Å²) in [6.07, 6.45) is 1.93. The largest absolute Gasteiger partial charge is 0.465 e. The van der Waals surface area contributed by atoms with Gasteiger partial charge in [-0.2, -0.15) is 0 Å². The second-order valence-corrected chi connectivity index (χ2v) is 5.33. The molecule has 2 rings (SSSR count). The van der Waals surface area contributed by atoms with Crippen molar-refractivity contribution in [1.29, 1.82) is 0 Å². The fourth-order valence-electron chi connectivity index (χ4n) is 2.59. The SMILES string of the molecule is COC(=O)c1cccc(N)c1CC(=O)[C@@]1(C)CCCN1. The van der Waals surface area contributed by atoms with E-state index in [0.717, 1.165) is 19.4 Å². The lowest BCUT2D eigenvalue weighted by Gasteiger charge is -2.23. The smallest absolute Gasteiger partial charge is 0.338 e. The summed E-state index contributed by atoms with van der Waals surface area (Å²) >= 11 is 0. The number of carbonyl (C=O) groups excluding carboxylic acids is 2. The number of benzene rings is 1. The van der Waals surface area contributed by atoms with E-state index in [-0.39, 0.29) is 12.2 Å². The second-order valence-electron chi connectivity index (χ2n) is 5.33. The number of nitrogens with two attached hydrogens (primary N) is 1. The van der Waals surface area contributed by atoms with Crippen molar-refractivity contribution in [2.24, 2.45) is 0 Å². The number of rotatable bonds is 4. The maximum atomic E-state index is 12.5. The van der Waals surface area contributed by atoms with Crippen LogP contribution in [0.1, 0.15) is 35.7 Å². The van der Waals surface area contributed by atoms with Gasteiger partial charge in [0.25, 0.3) is 0 Å². The molecule has 1 atom stereocenters. The van der Waals surface area contributed by atoms with E-state index in [2.05, 4.69) is 5.32 Å².